The highest BCUT2D eigenvalue weighted by atomic mass is 79.9. The van der Waals surface area contributed by atoms with Crippen LogP contribution >= 0.6 is 27.7 Å². The summed E-state index contributed by atoms with van der Waals surface area (Å²) in [7, 11) is 0. The number of benzene rings is 1. The average molecular weight is 355 g/mol. The van der Waals surface area contributed by atoms with E-state index in [0.717, 1.165) is 26.4 Å². The number of nitrogens with zero attached hydrogens (tertiary/aromatic N) is 1. The number of anilines is 2. The van der Waals surface area contributed by atoms with Crippen LogP contribution in [0.3, 0.4) is 0 Å². The molecule has 7 heteroatoms. The van der Waals surface area contributed by atoms with Gasteiger partial charge in [-0.1, -0.05) is 15.9 Å². The van der Waals surface area contributed by atoms with Gasteiger partial charge in [-0.25, -0.2) is 0 Å². The molecule has 0 unspecified atom stereocenters. The first kappa shape index (κ1) is 14.9. The molecule has 1 aromatic heterocycles. The van der Waals surface area contributed by atoms with Crippen molar-refractivity contribution < 1.29 is 4.79 Å². The van der Waals surface area contributed by atoms with E-state index in [-0.39, 0.29) is 5.91 Å². The van der Waals surface area contributed by atoms with E-state index in [9.17, 15) is 4.79 Å². The second kappa shape index (κ2) is 6.32. The highest BCUT2D eigenvalue weighted by molar-refractivity contribution is 9.10. The zero-order chi connectivity index (χ0) is 14.7. The quantitative estimate of drug-likeness (QED) is 0.581. The first-order chi connectivity index (χ1) is 9.47. The highest BCUT2D eigenvalue weighted by Gasteiger charge is 2.11. The molecule has 0 saturated heterocycles. The van der Waals surface area contributed by atoms with Crippen LogP contribution in [0.4, 0.5) is 11.4 Å². The minimum absolute atomic E-state index is 0.0788. The summed E-state index contributed by atoms with van der Waals surface area (Å²) in [6.45, 7) is 3.72. The molecule has 0 saturated carbocycles. The van der Waals surface area contributed by atoms with Crippen LogP contribution < -0.4 is 11.1 Å². The molecular weight excluding hydrogens is 340 g/mol. The molecule has 0 aliphatic rings. The summed E-state index contributed by atoms with van der Waals surface area (Å²) in [6.07, 6.45) is 0. The number of carbonyl (C=O) groups is 1. The number of hydrogen-bond acceptors (Lipinski definition) is 4. The lowest BCUT2D eigenvalue weighted by molar-refractivity contribution is -0.113. The largest absolute Gasteiger partial charge is 0.398 e. The molecule has 0 radical (unpaired) electrons. The second-order valence-corrected chi connectivity index (χ2v) is 6.26. The number of halogens is 1. The molecule has 1 amide bonds. The molecule has 0 bridgehead atoms. The lowest BCUT2D eigenvalue weighted by atomic mass is 10.3. The zero-order valence-corrected chi connectivity index (χ0v) is 13.6. The fourth-order valence-electron chi connectivity index (χ4n) is 1.70. The third kappa shape index (κ3) is 3.55. The molecule has 20 heavy (non-hydrogen) atoms. The van der Waals surface area contributed by atoms with Gasteiger partial charge in [-0.05, 0) is 32.0 Å². The topological polar surface area (TPSA) is 83.8 Å². The van der Waals surface area contributed by atoms with Gasteiger partial charge in [0.25, 0.3) is 0 Å². The van der Waals surface area contributed by atoms with Crippen LogP contribution in [0.2, 0.25) is 0 Å². The van der Waals surface area contributed by atoms with Gasteiger partial charge in [-0.3, -0.25) is 9.89 Å². The van der Waals surface area contributed by atoms with E-state index in [0.29, 0.717) is 11.4 Å². The number of rotatable bonds is 4. The van der Waals surface area contributed by atoms with Gasteiger partial charge in [0.05, 0.1) is 22.8 Å². The Morgan fingerprint density at radius 1 is 1.50 bits per heavy atom. The summed E-state index contributed by atoms with van der Waals surface area (Å²) in [5, 5.41) is 9.73. The summed E-state index contributed by atoms with van der Waals surface area (Å²) < 4.78 is 0.924. The molecule has 0 aliphatic carbocycles. The van der Waals surface area contributed by atoms with Crippen LogP contribution in [0.25, 0.3) is 0 Å². The van der Waals surface area contributed by atoms with E-state index in [1.807, 2.05) is 32.0 Å². The third-order valence-corrected chi connectivity index (χ3v) is 4.31. The summed E-state index contributed by atoms with van der Waals surface area (Å²) in [5.41, 5.74) is 8.94. The number of amides is 1. The van der Waals surface area contributed by atoms with Crippen LogP contribution in [0.15, 0.2) is 27.6 Å². The Hall–Kier alpha value is -1.47. The van der Waals surface area contributed by atoms with Gasteiger partial charge < -0.3 is 11.1 Å². The van der Waals surface area contributed by atoms with Gasteiger partial charge in [0.2, 0.25) is 5.91 Å². The van der Waals surface area contributed by atoms with Crippen LogP contribution in [0.1, 0.15) is 11.4 Å². The lowest BCUT2D eigenvalue weighted by Gasteiger charge is -2.07. The number of nitrogens with two attached hydrogens (primary N) is 1. The lowest BCUT2D eigenvalue weighted by Crippen LogP contribution is -2.15. The molecule has 2 rings (SSSR count). The molecule has 5 nitrogen and oxygen atoms in total. The van der Waals surface area contributed by atoms with Gasteiger partial charge in [-0.15, -0.1) is 11.8 Å². The van der Waals surface area contributed by atoms with Crippen molar-refractivity contribution in [1.82, 2.24) is 10.2 Å². The van der Waals surface area contributed by atoms with Gasteiger partial charge in [-0.2, -0.15) is 5.10 Å². The maximum absolute atomic E-state index is 11.9. The zero-order valence-electron chi connectivity index (χ0n) is 11.2. The van der Waals surface area contributed by atoms with Crippen LogP contribution in [-0.2, 0) is 4.79 Å². The van der Waals surface area contributed by atoms with E-state index in [4.69, 9.17) is 5.73 Å². The molecular formula is C13H15BrN4OS. The third-order valence-electron chi connectivity index (χ3n) is 2.72. The highest BCUT2D eigenvalue weighted by Crippen LogP contribution is 2.28. The fraction of sp³-hybridized carbons (Fsp3) is 0.231. The van der Waals surface area contributed by atoms with Crippen molar-refractivity contribution in [1.29, 1.82) is 0 Å². The Morgan fingerprint density at radius 2 is 2.25 bits per heavy atom. The van der Waals surface area contributed by atoms with Gasteiger partial charge in [0, 0.05) is 15.1 Å². The number of nitrogen functional groups attached to an aromatic ring is 1. The smallest absolute Gasteiger partial charge is 0.234 e. The van der Waals surface area contributed by atoms with Gasteiger partial charge in [0.1, 0.15) is 0 Å². The van der Waals surface area contributed by atoms with Crippen molar-refractivity contribution in [2.75, 3.05) is 16.8 Å². The van der Waals surface area contributed by atoms with E-state index < -0.39 is 0 Å². The number of nitrogens with one attached hydrogen (secondary N) is 2. The van der Waals surface area contributed by atoms with E-state index in [1.165, 1.54) is 11.8 Å². The summed E-state index contributed by atoms with van der Waals surface area (Å²) >= 11 is 4.76. The molecule has 0 fully saturated rings. The monoisotopic (exact) mass is 354 g/mol. The maximum atomic E-state index is 11.9. The first-order valence-corrected chi connectivity index (χ1v) is 7.74. The van der Waals surface area contributed by atoms with Crippen molar-refractivity contribution in [3.05, 3.63) is 34.1 Å². The molecule has 1 aromatic carbocycles. The Morgan fingerprint density at radius 3 is 2.85 bits per heavy atom. The number of hydrogen-bond donors (Lipinski definition) is 3. The van der Waals surface area contributed by atoms with E-state index in [2.05, 4.69) is 31.4 Å². The van der Waals surface area contributed by atoms with Crippen molar-refractivity contribution in [2.45, 2.75) is 18.7 Å². The van der Waals surface area contributed by atoms with Crippen LogP contribution in [0, 0.1) is 13.8 Å². The number of aromatic nitrogens is 2. The molecule has 4 N–H and O–H groups in total. The standard InChI is InChI=1S/C13H15BrN4OS/c1-7-13(8(2)18-17-7)16-12(19)6-20-11-4-3-9(14)5-10(11)15/h3-5H,6,15H2,1-2H3,(H,16,19)(H,17,18). The fourth-order valence-corrected chi connectivity index (χ4v) is 2.83. The van der Waals surface area contributed by atoms with Gasteiger partial charge in [0.15, 0.2) is 0 Å². The summed E-state index contributed by atoms with van der Waals surface area (Å²) in [5.74, 6) is 0.223. The van der Waals surface area contributed by atoms with Crippen LogP contribution in [-0.4, -0.2) is 21.9 Å². The normalized spacial score (nSPS) is 10.6. The molecule has 2 aromatic rings. The Bertz CT molecular complexity index is 622. The van der Waals surface area contributed by atoms with E-state index in [1.54, 1.807) is 0 Å². The average Bonchev–Trinajstić information content (AvgIpc) is 2.69. The Kier molecular flexibility index (Phi) is 4.72. The second-order valence-electron chi connectivity index (χ2n) is 4.33. The summed E-state index contributed by atoms with van der Waals surface area (Å²) in [4.78, 5) is 12.8. The van der Waals surface area contributed by atoms with E-state index >= 15 is 0 Å². The number of aryl methyl sites for hydroxylation is 2. The maximum Gasteiger partial charge on any atom is 0.234 e. The van der Waals surface area contributed by atoms with Crippen LogP contribution in [0.5, 0.6) is 0 Å². The number of thioether (sulfide) groups is 1. The molecule has 0 spiro atoms. The van der Waals surface area contributed by atoms with Crippen molar-refractivity contribution >= 4 is 45.0 Å². The molecule has 1 heterocycles. The predicted molar refractivity (Wildman–Crippen MR) is 86.0 cm³/mol. The SMILES string of the molecule is Cc1n[nH]c(C)c1NC(=O)CSc1ccc(Br)cc1N. The predicted octanol–water partition coefficient (Wildman–Crippen LogP) is 3.10. The molecule has 0 aliphatic heterocycles. The van der Waals surface area contributed by atoms with Crippen molar-refractivity contribution in [3.8, 4) is 0 Å². The number of H-pyrrole nitrogens is 1. The summed E-state index contributed by atoms with van der Waals surface area (Å²) in [6, 6.07) is 5.62. The van der Waals surface area contributed by atoms with Gasteiger partial charge >= 0.3 is 0 Å². The number of aromatic amines is 1. The Labute approximate surface area is 129 Å². The molecule has 106 valence electrons. The minimum Gasteiger partial charge on any atom is -0.398 e. The first-order valence-electron chi connectivity index (χ1n) is 5.96. The van der Waals surface area contributed by atoms with Crippen molar-refractivity contribution in [3.63, 3.8) is 0 Å². The Balaban J connectivity index is 1.96. The minimum atomic E-state index is -0.0788. The number of carbonyl (C=O) groups excluding carboxylic acids is 1. The molecule has 0 atom stereocenters. The van der Waals surface area contributed by atoms with Crippen molar-refractivity contribution in [2.24, 2.45) is 0 Å².